The van der Waals surface area contributed by atoms with E-state index in [0.717, 1.165) is 63.1 Å². The molecule has 0 spiro atoms. The van der Waals surface area contributed by atoms with Gasteiger partial charge in [0.25, 0.3) is 5.88 Å². The minimum atomic E-state index is -0.215. The molecular formula is C30H34ClN11O4. The van der Waals surface area contributed by atoms with Gasteiger partial charge in [0.05, 0.1) is 43.2 Å². The summed E-state index contributed by atoms with van der Waals surface area (Å²) in [6, 6.07) is 6.39. The Balaban J connectivity index is 1.04. The van der Waals surface area contributed by atoms with Crippen LogP contribution >= 0.6 is 11.6 Å². The Kier molecular flexibility index (Phi) is 9.03. The van der Waals surface area contributed by atoms with Crippen LogP contribution in [0, 0.1) is 0 Å². The molecule has 46 heavy (non-hydrogen) atoms. The van der Waals surface area contributed by atoms with Gasteiger partial charge in [-0.15, -0.1) is 10.2 Å². The summed E-state index contributed by atoms with van der Waals surface area (Å²) in [6.45, 7) is 6.05. The number of nitrogens with one attached hydrogen (secondary N) is 1. The highest BCUT2D eigenvalue weighted by Crippen LogP contribution is 2.36. The number of nitrogens with zero attached hydrogens (tertiary/aromatic N) is 10. The summed E-state index contributed by atoms with van der Waals surface area (Å²) >= 11 is 6.44. The largest absolute Gasteiger partial charge is 0.487 e. The smallest absolute Gasteiger partial charge is 0.400 e. The lowest BCUT2D eigenvalue weighted by Gasteiger charge is -2.38. The van der Waals surface area contributed by atoms with Gasteiger partial charge >= 0.3 is 6.08 Å². The van der Waals surface area contributed by atoms with E-state index in [4.69, 9.17) is 35.3 Å². The fraction of sp³-hybridized carbons (Fsp3) is 0.433. The van der Waals surface area contributed by atoms with Gasteiger partial charge in [-0.2, -0.15) is 4.98 Å². The molecule has 1 aromatic carbocycles. The average Bonchev–Trinajstić information content (AvgIpc) is 3.87. The highest BCUT2D eigenvalue weighted by atomic mass is 35.5. The first-order valence-electron chi connectivity index (χ1n) is 15.3. The second kappa shape index (κ2) is 13.8. The lowest BCUT2D eigenvalue weighted by Crippen LogP contribution is -2.45. The molecule has 1 atom stereocenters. The molecule has 5 heterocycles. The standard InChI is InChI=1S/C30H34ClN11O4/c1-20(17-41-19-35-38-39-41)45-27-14-21(2-7-25(27)31)22-15-33-29(34-16-22)36-26-18-42(37-28(26)46-30-32-8-11-44-30)24-5-3-23(4-6-24)40-9-12-43-13-10-40/h2,7-8,11,14-16,18-20,23-24H,3-6,9-10,12-13,17H2,1H3,(H,33,34,36). The molecule has 1 N–H and O–H groups in total. The monoisotopic (exact) mass is 647 g/mol. The first-order chi connectivity index (χ1) is 22.6. The molecule has 1 aliphatic heterocycles. The minimum Gasteiger partial charge on any atom is -0.487 e. The number of tetrazole rings is 1. The molecular weight excluding hydrogens is 614 g/mol. The van der Waals surface area contributed by atoms with Gasteiger partial charge < -0.3 is 23.9 Å². The van der Waals surface area contributed by atoms with Crippen molar-refractivity contribution in [2.24, 2.45) is 0 Å². The van der Waals surface area contributed by atoms with Crippen molar-refractivity contribution < 1.29 is 18.6 Å². The van der Waals surface area contributed by atoms with Crippen LogP contribution in [-0.4, -0.2) is 88.3 Å². The number of oxazole rings is 1. The summed E-state index contributed by atoms with van der Waals surface area (Å²) in [6.07, 6.45) is 14.1. The molecule has 0 radical (unpaired) electrons. The fourth-order valence-corrected chi connectivity index (χ4v) is 6.08. The molecule has 7 rings (SSSR count). The van der Waals surface area contributed by atoms with Gasteiger partial charge in [0.15, 0.2) is 0 Å². The van der Waals surface area contributed by atoms with Gasteiger partial charge in [0.1, 0.15) is 30.1 Å². The lowest BCUT2D eigenvalue weighted by atomic mass is 9.90. The zero-order chi connectivity index (χ0) is 31.3. The van der Waals surface area contributed by atoms with Crippen LogP contribution < -0.4 is 14.8 Å². The maximum Gasteiger partial charge on any atom is 0.400 e. The van der Waals surface area contributed by atoms with Gasteiger partial charge in [-0.3, -0.25) is 9.58 Å². The molecule has 1 aliphatic carbocycles. The van der Waals surface area contributed by atoms with E-state index in [2.05, 4.69) is 40.7 Å². The summed E-state index contributed by atoms with van der Waals surface area (Å²) in [4.78, 5) is 15.8. The summed E-state index contributed by atoms with van der Waals surface area (Å²) < 4.78 is 26.4. The quantitative estimate of drug-likeness (QED) is 0.209. The number of ether oxygens (including phenoxy) is 3. The second-order valence-electron chi connectivity index (χ2n) is 11.4. The molecule has 5 aromatic rings. The van der Waals surface area contributed by atoms with E-state index in [-0.39, 0.29) is 18.2 Å². The molecule has 16 heteroatoms. The molecule has 1 unspecified atom stereocenters. The van der Waals surface area contributed by atoms with E-state index in [1.165, 1.54) is 18.8 Å². The van der Waals surface area contributed by atoms with Crippen LogP contribution in [0.25, 0.3) is 11.1 Å². The van der Waals surface area contributed by atoms with Gasteiger partial charge in [-0.1, -0.05) is 17.7 Å². The Morgan fingerprint density at radius 1 is 1.04 bits per heavy atom. The Morgan fingerprint density at radius 3 is 2.59 bits per heavy atom. The van der Waals surface area contributed by atoms with Crippen LogP contribution in [0.3, 0.4) is 0 Å². The molecule has 15 nitrogen and oxygen atoms in total. The third-order valence-electron chi connectivity index (χ3n) is 8.22. The fourth-order valence-electron chi connectivity index (χ4n) is 5.91. The molecule has 0 amide bonds. The highest BCUT2D eigenvalue weighted by Gasteiger charge is 2.29. The van der Waals surface area contributed by atoms with Gasteiger partial charge in [0.2, 0.25) is 5.95 Å². The van der Waals surface area contributed by atoms with E-state index < -0.39 is 0 Å². The van der Waals surface area contributed by atoms with E-state index >= 15 is 0 Å². The van der Waals surface area contributed by atoms with Crippen molar-refractivity contribution in [1.82, 2.24) is 49.8 Å². The lowest BCUT2D eigenvalue weighted by molar-refractivity contribution is 0.00503. The molecule has 2 fully saturated rings. The molecule has 4 aromatic heterocycles. The van der Waals surface area contributed by atoms with Gasteiger partial charge in [-0.25, -0.2) is 14.6 Å². The van der Waals surface area contributed by atoms with E-state index in [1.54, 1.807) is 23.1 Å². The van der Waals surface area contributed by atoms with Crippen molar-refractivity contribution in [2.45, 2.75) is 57.3 Å². The predicted molar refractivity (Wildman–Crippen MR) is 166 cm³/mol. The minimum absolute atomic E-state index is 0.105. The zero-order valence-corrected chi connectivity index (χ0v) is 26.0. The average molecular weight is 648 g/mol. The summed E-state index contributed by atoms with van der Waals surface area (Å²) in [7, 11) is 0. The SMILES string of the molecule is CC(Cn1cnnn1)Oc1cc(-c2cnc(Nc3cn(C4CCC(N5CCOCC5)CC4)nc3Oc3ncco3)nc2)ccc1Cl. The number of hydrogen-bond donors (Lipinski definition) is 1. The number of morpholine rings is 1. The van der Waals surface area contributed by atoms with Crippen molar-refractivity contribution in [2.75, 3.05) is 31.6 Å². The van der Waals surface area contributed by atoms with E-state index in [9.17, 15) is 0 Å². The molecule has 0 bridgehead atoms. The first-order valence-corrected chi connectivity index (χ1v) is 15.7. The number of hydrogen-bond acceptors (Lipinski definition) is 13. The third kappa shape index (κ3) is 7.11. The topological polar surface area (TPSA) is 156 Å². The van der Waals surface area contributed by atoms with E-state index in [0.29, 0.717) is 40.9 Å². The van der Waals surface area contributed by atoms with Crippen molar-refractivity contribution >= 4 is 23.2 Å². The van der Waals surface area contributed by atoms with Gasteiger partial charge in [0, 0.05) is 37.1 Å². The Morgan fingerprint density at radius 2 is 1.85 bits per heavy atom. The normalized spacial score (nSPS) is 19.5. The van der Waals surface area contributed by atoms with E-state index in [1.807, 2.05) is 29.9 Å². The van der Waals surface area contributed by atoms with Crippen molar-refractivity contribution in [1.29, 1.82) is 0 Å². The van der Waals surface area contributed by atoms with Crippen molar-refractivity contribution in [3.05, 3.63) is 60.6 Å². The van der Waals surface area contributed by atoms with Crippen molar-refractivity contribution in [3.8, 4) is 28.8 Å². The predicted octanol–water partition coefficient (Wildman–Crippen LogP) is 4.79. The maximum atomic E-state index is 6.44. The maximum absolute atomic E-state index is 6.44. The Hall–Kier alpha value is -4.60. The molecule has 1 saturated carbocycles. The van der Waals surface area contributed by atoms with Crippen LogP contribution in [-0.2, 0) is 11.3 Å². The van der Waals surface area contributed by atoms with Crippen molar-refractivity contribution in [3.63, 3.8) is 0 Å². The van der Waals surface area contributed by atoms with Crippen LogP contribution in [0.5, 0.6) is 17.7 Å². The molecule has 2 aliphatic rings. The number of aromatic nitrogens is 9. The van der Waals surface area contributed by atoms with Crippen LogP contribution in [0.1, 0.15) is 38.6 Å². The number of anilines is 2. The highest BCUT2D eigenvalue weighted by molar-refractivity contribution is 6.32. The Bertz CT molecular complexity index is 1680. The van der Waals surface area contributed by atoms with Crippen LogP contribution in [0.2, 0.25) is 5.02 Å². The van der Waals surface area contributed by atoms with Crippen LogP contribution in [0.15, 0.2) is 60.0 Å². The Labute approximate surface area is 269 Å². The summed E-state index contributed by atoms with van der Waals surface area (Å²) in [5.74, 6) is 1.26. The number of halogens is 1. The molecule has 1 saturated heterocycles. The zero-order valence-electron chi connectivity index (χ0n) is 25.3. The summed E-state index contributed by atoms with van der Waals surface area (Å²) in [5, 5.41) is 19.7. The number of rotatable bonds is 11. The van der Waals surface area contributed by atoms with Crippen LogP contribution in [0.4, 0.5) is 11.6 Å². The first kappa shape index (κ1) is 30.1. The molecule has 240 valence electrons. The second-order valence-corrected chi connectivity index (χ2v) is 11.8. The summed E-state index contributed by atoms with van der Waals surface area (Å²) in [5.41, 5.74) is 2.26. The third-order valence-corrected chi connectivity index (χ3v) is 8.53. The van der Waals surface area contributed by atoms with Gasteiger partial charge in [-0.05, 0) is 60.7 Å². The number of benzene rings is 1.